The molecule has 1 fully saturated rings. The van der Waals surface area contributed by atoms with E-state index in [0.29, 0.717) is 27.3 Å². The summed E-state index contributed by atoms with van der Waals surface area (Å²) in [6.45, 7) is 2.48. The highest BCUT2D eigenvalue weighted by Gasteiger charge is 2.22. The maximum atomic E-state index is 11.8. The fraction of sp³-hybridized carbons (Fsp3) is 0.158. The SMILES string of the molecule is COc1cc(/C=C2/SC(=S)NC2=O)cc(Br)c1OCc1cccc(C)c1. The van der Waals surface area contributed by atoms with Gasteiger partial charge < -0.3 is 14.8 Å². The smallest absolute Gasteiger partial charge is 0.263 e. The lowest BCUT2D eigenvalue weighted by Crippen LogP contribution is -2.17. The molecule has 3 rings (SSSR count). The number of halogens is 1. The average molecular weight is 450 g/mol. The maximum absolute atomic E-state index is 11.8. The molecule has 0 bridgehead atoms. The second kappa shape index (κ2) is 8.24. The van der Waals surface area contributed by atoms with E-state index in [-0.39, 0.29) is 5.91 Å². The highest BCUT2D eigenvalue weighted by atomic mass is 79.9. The van der Waals surface area contributed by atoms with Gasteiger partial charge in [0.1, 0.15) is 10.9 Å². The van der Waals surface area contributed by atoms with Crippen LogP contribution in [0, 0.1) is 6.92 Å². The zero-order valence-electron chi connectivity index (χ0n) is 14.2. The molecule has 0 unspecified atom stereocenters. The number of carbonyl (C=O) groups excluding carboxylic acids is 1. The van der Waals surface area contributed by atoms with Crippen LogP contribution in [0.4, 0.5) is 0 Å². The highest BCUT2D eigenvalue weighted by molar-refractivity contribution is 9.10. The molecule has 2 aromatic rings. The molecular weight excluding hydrogens is 434 g/mol. The molecule has 0 atom stereocenters. The van der Waals surface area contributed by atoms with Gasteiger partial charge in [-0.1, -0.05) is 53.8 Å². The second-order valence-corrected chi connectivity index (χ2v) is 8.24. The molecular formula is C19H16BrNO3S2. The molecule has 26 heavy (non-hydrogen) atoms. The number of amides is 1. The number of nitrogens with one attached hydrogen (secondary N) is 1. The van der Waals surface area contributed by atoms with Crippen LogP contribution >= 0.6 is 39.9 Å². The summed E-state index contributed by atoms with van der Waals surface area (Å²) < 4.78 is 12.7. The topological polar surface area (TPSA) is 47.6 Å². The van der Waals surface area contributed by atoms with Crippen molar-refractivity contribution in [1.82, 2.24) is 5.32 Å². The molecule has 1 aliphatic heterocycles. The molecule has 1 aliphatic rings. The zero-order valence-corrected chi connectivity index (χ0v) is 17.4. The van der Waals surface area contributed by atoms with Gasteiger partial charge in [0.05, 0.1) is 16.5 Å². The molecule has 0 radical (unpaired) electrons. The minimum atomic E-state index is -0.185. The fourth-order valence-corrected chi connectivity index (χ4v) is 4.11. The molecule has 1 saturated heterocycles. The van der Waals surface area contributed by atoms with Gasteiger partial charge in [-0.05, 0) is 52.2 Å². The van der Waals surface area contributed by atoms with Gasteiger partial charge in [-0.25, -0.2) is 0 Å². The zero-order chi connectivity index (χ0) is 18.7. The normalized spacial score (nSPS) is 15.3. The van der Waals surface area contributed by atoms with E-state index >= 15 is 0 Å². The van der Waals surface area contributed by atoms with Crippen LogP contribution in [-0.4, -0.2) is 17.3 Å². The number of benzene rings is 2. The number of carbonyl (C=O) groups is 1. The molecule has 0 spiro atoms. The molecule has 0 aromatic heterocycles. The van der Waals surface area contributed by atoms with E-state index in [0.717, 1.165) is 15.6 Å². The monoisotopic (exact) mass is 449 g/mol. The summed E-state index contributed by atoms with van der Waals surface area (Å²) in [5, 5.41) is 2.60. The van der Waals surface area contributed by atoms with E-state index < -0.39 is 0 Å². The molecule has 0 saturated carbocycles. The van der Waals surface area contributed by atoms with E-state index in [4.69, 9.17) is 21.7 Å². The van der Waals surface area contributed by atoms with Crippen molar-refractivity contribution >= 4 is 56.2 Å². The van der Waals surface area contributed by atoms with Crippen molar-refractivity contribution in [3.05, 3.63) is 62.5 Å². The Morgan fingerprint density at radius 2 is 2.12 bits per heavy atom. The molecule has 7 heteroatoms. The lowest BCUT2D eigenvalue weighted by atomic mass is 10.1. The number of thiocarbonyl (C=S) groups is 1. The van der Waals surface area contributed by atoms with E-state index in [1.165, 1.54) is 17.3 Å². The predicted molar refractivity (Wildman–Crippen MR) is 113 cm³/mol. The Balaban J connectivity index is 1.84. The van der Waals surface area contributed by atoms with Crippen LogP contribution in [0.1, 0.15) is 16.7 Å². The lowest BCUT2D eigenvalue weighted by molar-refractivity contribution is -0.115. The van der Waals surface area contributed by atoms with Crippen molar-refractivity contribution < 1.29 is 14.3 Å². The van der Waals surface area contributed by atoms with E-state index in [1.54, 1.807) is 13.2 Å². The third kappa shape index (κ3) is 4.47. The number of ether oxygens (including phenoxy) is 2. The average Bonchev–Trinajstić information content (AvgIpc) is 2.90. The maximum Gasteiger partial charge on any atom is 0.263 e. The van der Waals surface area contributed by atoms with E-state index in [2.05, 4.69) is 27.3 Å². The molecule has 2 aromatic carbocycles. The van der Waals surface area contributed by atoms with Crippen molar-refractivity contribution in [2.24, 2.45) is 0 Å². The fourth-order valence-electron chi connectivity index (χ4n) is 2.49. The third-order valence-corrected chi connectivity index (χ3v) is 5.41. The Morgan fingerprint density at radius 3 is 2.77 bits per heavy atom. The number of hydrogen-bond acceptors (Lipinski definition) is 5. The lowest BCUT2D eigenvalue weighted by Gasteiger charge is -2.14. The van der Waals surface area contributed by atoms with Crippen molar-refractivity contribution in [2.45, 2.75) is 13.5 Å². The summed E-state index contributed by atoms with van der Waals surface area (Å²) in [6.07, 6.45) is 1.77. The van der Waals surface area contributed by atoms with Crippen LogP contribution < -0.4 is 14.8 Å². The first-order chi connectivity index (χ1) is 12.5. The minimum absolute atomic E-state index is 0.185. The van der Waals surface area contributed by atoms with Crippen LogP contribution in [0.3, 0.4) is 0 Å². The van der Waals surface area contributed by atoms with Crippen LogP contribution in [0.5, 0.6) is 11.5 Å². The van der Waals surface area contributed by atoms with Gasteiger partial charge >= 0.3 is 0 Å². The van der Waals surface area contributed by atoms with Crippen LogP contribution in [-0.2, 0) is 11.4 Å². The number of thioether (sulfide) groups is 1. The number of methoxy groups -OCH3 is 1. The molecule has 4 nitrogen and oxygen atoms in total. The molecule has 1 N–H and O–H groups in total. The Bertz CT molecular complexity index is 912. The standard InChI is InChI=1S/C19H16BrNO3S2/c1-11-4-3-5-12(6-11)10-24-17-14(20)7-13(8-15(17)23-2)9-16-18(22)21-19(25)26-16/h3-9H,10H2,1-2H3,(H,21,22,25)/b16-9+. The Morgan fingerprint density at radius 1 is 1.31 bits per heavy atom. The van der Waals surface area contributed by atoms with E-state index in [1.807, 2.05) is 37.3 Å². The Labute approximate surface area is 170 Å². The van der Waals surface area contributed by atoms with Crippen molar-refractivity contribution in [3.63, 3.8) is 0 Å². The highest BCUT2D eigenvalue weighted by Crippen LogP contribution is 2.38. The molecule has 0 aliphatic carbocycles. The van der Waals surface area contributed by atoms with Crippen LogP contribution in [0.2, 0.25) is 0 Å². The van der Waals surface area contributed by atoms with E-state index in [9.17, 15) is 4.79 Å². The van der Waals surface area contributed by atoms with Gasteiger partial charge in [0.2, 0.25) is 0 Å². The summed E-state index contributed by atoms with van der Waals surface area (Å²) in [5.74, 6) is 1.02. The van der Waals surface area contributed by atoms with Crippen LogP contribution in [0.15, 0.2) is 45.8 Å². The summed E-state index contributed by atoms with van der Waals surface area (Å²) in [7, 11) is 1.59. The van der Waals surface area contributed by atoms with Crippen molar-refractivity contribution in [3.8, 4) is 11.5 Å². The van der Waals surface area contributed by atoms with Gasteiger partial charge in [0.15, 0.2) is 11.5 Å². The molecule has 1 heterocycles. The molecule has 1 amide bonds. The van der Waals surface area contributed by atoms with Gasteiger partial charge in [-0.15, -0.1) is 0 Å². The first-order valence-corrected chi connectivity index (χ1v) is 9.79. The van der Waals surface area contributed by atoms with Gasteiger partial charge in [0.25, 0.3) is 5.91 Å². The quantitative estimate of drug-likeness (QED) is 0.522. The first kappa shape index (κ1) is 18.9. The summed E-state index contributed by atoms with van der Waals surface area (Å²) in [6, 6.07) is 11.9. The largest absolute Gasteiger partial charge is 0.493 e. The number of hydrogen-bond donors (Lipinski definition) is 1. The number of rotatable bonds is 5. The summed E-state index contributed by atoms with van der Waals surface area (Å²) >= 11 is 9.79. The predicted octanol–water partition coefficient (Wildman–Crippen LogP) is 4.83. The summed E-state index contributed by atoms with van der Waals surface area (Å²) in [4.78, 5) is 12.4. The Kier molecular flexibility index (Phi) is 6.01. The Hall–Kier alpha value is -1.83. The molecule has 134 valence electrons. The van der Waals surface area contributed by atoms with Gasteiger partial charge in [-0.2, -0.15) is 0 Å². The van der Waals surface area contributed by atoms with Gasteiger partial charge in [-0.3, -0.25) is 4.79 Å². The van der Waals surface area contributed by atoms with Crippen molar-refractivity contribution in [2.75, 3.05) is 7.11 Å². The van der Waals surface area contributed by atoms with Gasteiger partial charge in [0, 0.05) is 0 Å². The third-order valence-electron chi connectivity index (χ3n) is 3.66. The first-order valence-electron chi connectivity index (χ1n) is 7.77. The second-order valence-electron chi connectivity index (χ2n) is 5.66. The number of aryl methyl sites for hydroxylation is 1. The van der Waals surface area contributed by atoms with Crippen LogP contribution in [0.25, 0.3) is 6.08 Å². The van der Waals surface area contributed by atoms with Crippen molar-refractivity contribution in [1.29, 1.82) is 0 Å². The summed E-state index contributed by atoms with van der Waals surface area (Å²) in [5.41, 5.74) is 3.08. The minimum Gasteiger partial charge on any atom is -0.493 e.